The van der Waals surface area contributed by atoms with Crippen LogP contribution < -0.4 is 5.32 Å². The van der Waals surface area contributed by atoms with Gasteiger partial charge in [0.25, 0.3) is 5.91 Å². The van der Waals surface area contributed by atoms with Gasteiger partial charge in [0.15, 0.2) is 0 Å². The Morgan fingerprint density at radius 3 is 2.56 bits per heavy atom. The summed E-state index contributed by atoms with van der Waals surface area (Å²) in [6, 6.07) is 2.74. The number of rotatable bonds is 4. The average Bonchev–Trinajstić information content (AvgIpc) is 2.77. The number of hydrogen-bond acceptors (Lipinski definition) is 3. The Bertz CT molecular complexity index is 357. The zero-order chi connectivity index (χ0) is 12.1. The Hall–Kier alpha value is -1.78. The maximum atomic E-state index is 11.7. The number of esters is 1. The van der Waals surface area contributed by atoms with Gasteiger partial charge in [-0.25, -0.2) is 4.79 Å². The SMILES string of the molecule is COC(=O)C(NC(=O)c1ccc[nH]1)C(C)C. The van der Waals surface area contributed by atoms with Gasteiger partial charge in [-0.3, -0.25) is 4.79 Å². The van der Waals surface area contributed by atoms with Crippen molar-refractivity contribution < 1.29 is 14.3 Å². The third kappa shape index (κ3) is 2.85. The molecule has 1 aromatic heterocycles. The Morgan fingerprint density at radius 2 is 2.12 bits per heavy atom. The lowest BCUT2D eigenvalue weighted by molar-refractivity contribution is -0.144. The van der Waals surface area contributed by atoms with Crippen LogP contribution in [0.25, 0.3) is 0 Å². The molecule has 1 atom stereocenters. The number of ether oxygens (including phenoxy) is 1. The highest BCUT2D eigenvalue weighted by molar-refractivity contribution is 5.95. The average molecular weight is 224 g/mol. The van der Waals surface area contributed by atoms with Gasteiger partial charge in [0.1, 0.15) is 11.7 Å². The lowest BCUT2D eigenvalue weighted by atomic mass is 10.0. The summed E-state index contributed by atoms with van der Waals surface area (Å²) in [4.78, 5) is 25.9. The fourth-order valence-corrected chi connectivity index (χ4v) is 1.32. The predicted octanol–water partition coefficient (Wildman–Crippen LogP) is 0.942. The largest absolute Gasteiger partial charge is 0.467 e. The summed E-state index contributed by atoms with van der Waals surface area (Å²) in [5, 5.41) is 2.62. The zero-order valence-electron chi connectivity index (χ0n) is 9.61. The van der Waals surface area contributed by atoms with Crippen LogP contribution in [0.4, 0.5) is 0 Å². The normalized spacial score (nSPS) is 12.2. The van der Waals surface area contributed by atoms with Crippen molar-refractivity contribution in [3.8, 4) is 0 Å². The standard InChI is InChI=1S/C11H16N2O3/c1-7(2)9(11(15)16-3)13-10(14)8-5-4-6-12-8/h4-7,9,12H,1-3H3,(H,13,14). The van der Waals surface area contributed by atoms with Gasteiger partial charge in [-0.15, -0.1) is 0 Å². The number of carbonyl (C=O) groups excluding carboxylic acids is 2. The highest BCUT2D eigenvalue weighted by atomic mass is 16.5. The van der Waals surface area contributed by atoms with Gasteiger partial charge in [-0.2, -0.15) is 0 Å². The first-order valence-corrected chi connectivity index (χ1v) is 5.08. The van der Waals surface area contributed by atoms with Crippen molar-refractivity contribution in [2.45, 2.75) is 19.9 Å². The molecule has 0 saturated heterocycles. The number of carbonyl (C=O) groups is 2. The molecular formula is C11H16N2O3. The molecule has 0 aliphatic heterocycles. The molecule has 1 heterocycles. The maximum Gasteiger partial charge on any atom is 0.328 e. The van der Waals surface area contributed by atoms with E-state index in [-0.39, 0.29) is 11.8 Å². The van der Waals surface area contributed by atoms with Crippen molar-refractivity contribution in [3.63, 3.8) is 0 Å². The third-order valence-corrected chi connectivity index (χ3v) is 2.25. The summed E-state index contributed by atoms with van der Waals surface area (Å²) < 4.78 is 4.63. The molecule has 0 saturated carbocycles. The van der Waals surface area contributed by atoms with Gasteiger partial charge < -0.3 is 15.0 Å². The Balaban J connectivity index is 2.69. The first-order valence-electron chi connectivity index (χ1n) is 5.08. The highest BCUT2D eigenvalue weighted by Crippen LogP contribution is 2.05. The molecule has 0 bridgehead atoms. The molecule has 5 nitrogen and oxygen atoms in total. The smallest absolute Gasteiger partial charge is 0.328 e. The number of amides is 1. The summed E-state index contributed by atoms with van der Waals surface area (Å²) in [5.74, 6) is -0.768. The van der Waals surface area contributed by atoms with E-state index >= 15 is 0 Å². The summed E-state index contributed by atoms with van der Waals surface area (Å²) in [5.41, 5.74) is 0.426. The summed E-state index contributed by atoms with van der Waals surface area (Å²) in [7, 11) is 1.30. The molecule has 16 heavy (non-hydrogen) atoms. The van der Waals surface area contributed by atoms with Crippen molar-refractivity contribution >= 4 is 11.9 Å². The molecule has 0 aliphatic carbocycles. The quantitative estimate of drug-likeness (QED) is 0.748. The summed E-state index contributed by atoms with van der Waals surface area (Å²) in [6.07, 6.45) is 1.65. The van der Waals surface area contributed by atoms with Crippen molar-refractivity contribution in [3.05, 3.63) is 24.0 Å². The molecular weight excluding hydrogens is 208 g/mol. The minimum atomic E-state index is -0.624. The molecule has 1 rings (SSSR count). The number of H-pyrrole nitrogens is 1. The number of methoxy groups -OCH3 is 1. The minimum absolute atomic E-state index is 0.0219. The van der Waals surface area contributed by atoms with Crippen molar-refractivity contribution in [2.75, 3.05) is 7.11 Å². The van der Waals surface area contributed by atoms with Gasteiger partial charge in [-0.05, 0) is 18.1 Å². The second kappa shape index (κ2) is 5.34. The molecule has 2 N–H and O–H groups in total. The zero-order valence-corrected chi connectivity index (χ0v) is 9.61. The highest BCUT2D eigenvalue weighted by Gasteiger charge is 2.25. The van der Waals surface area contributed by atoms with E-state index < -0.39 is 12.0 Å². The second-order valence-corrected chi connectivity index (χ2v) is 3.80. The Morgan fingerprint density at radius 1 is 1.44 bits per heavy atom. The topological polar surface area (TPSA) is 71.2 Å². The van der Waals surface area contributed by atoms with Gasteiger partial charge in [0.2, 0.25) is 0 Å². The van der Waals surface area contributed by atoms with Gasteiger partial charge in [0, 0.05) is 6.20 Å². The van der Waals surface area contributed by atoms with E-state index in [1.807, 2.05) is 13.8 Å². The molecule has 1 unspecified atom stereocenters. The van der Waals surface area contributed by atoms with E-state index in [9.17, 15) is 9.59 Å². The number of hydrogen-bond donors (Lipinski definition) is 2. The van der Waals surface area contributed by atoms with Gasteiger partial charge in [-0.1, -0.05) is 13.8 Å². The van der Waals surface area contributed by atoms with Crippen LogP contribution >= 0.6 is 0 Å². The molecule has 88 valence electrons. The van der Waals surface area contributed by atoms with E-state index in [0.29, 0.717) is 5.69 Å². The van der Waals surface area contributed by atoms with E-state index in [4.69, 9.17) is 0 Å². The molecule has 0 aromatic carbocycles. The summed E-state index contributed by atoms with van der Waals surface area (Å²) >= 11 is 0. The minimum Gasteiger partial charge on any atom is -0.467 e. The monoisotopic (exact) mass is 224 g/mol. The van der Waals surface area contributed by atoms with Crippen LogP contribution in [0.2, 0.25) is 0 Å². The lowest BCUT2D eigenvalue weighted by Gasteiger charge is -2.19. The van der Waals surface area contributed by atoms with Crippen molar-refractivity contribution in [1.29, 1.82) is 0 Å². The maximum absolute atomic E-state index is 11.7. The molecule has 0 fully saturated rings. The molecule has 0 spiro atoms. The van der Waals surface area contributed by atoms with Gasteiger partial charge in [0.05, 0.1) is 7.11 Å². The van der Waals surface area contributed by atoms with Crippen molar-refractivity contribution in [1.82, 2.24) is 10.3 Å². The van der Waals surface area contributed by atoms with Crippen LogP contribution in [-0.4, -0.2) is 30.0 Å². The second-order valence-electron chi connectivity index (χ2n) is 3.80. The van der Waals surface area contributed by atoms with Crippen LogP contribution in [0, 0.1) is 5.92 Å². The number of aromatic amines is 1. The molecule has 1 aromatic rings. The fraction of sp³-hybridized carbons (Fsp3) is 0.455. The first-order chi connectivity index (χ1) is 7.56. The first kappa shape index (κ1) is 12.3. The lowest BCUT2D eigenvalue weighted by Crippen LogP contribution is -2.45. The van der Waals surface area contributed by atoms with Gasteiger partial charge >= 0.3 is 5.97 Å². The van der Waals surface area contributed by atoms with E-state index in [1.54, 1.807) is 18.3 Å². The van der Waals surface area contributed by atoms with Crippen molar-refractivity contribution in [2.24, 2.45) is 5.92 Å². The number of aromatic nitrogens is 1. The third-order valence-electron chi connectivity index (χ3n) is 2.25. The van der Waals surface area contributed by atoms with Crippen LogP contribution in [0.15, 0.2) is 18.3 Å². The predicted molar refractivity (Wildman–Crippen MR) is 58.9 cm³/mol. The fourth-order valence-electron chi connectivity index (χ4n) is 1.32. The number of nitrogens with one attached hydrogen (secondary N) is 2. The van der Waals surface area contributed by atoms with E-state index in [1.165, 1.54) is 7.11 Å². The summed E-state index contributed by atoms with van der Waals surface area (Å²) in [6.45, 7) is 3.69. The molecule has 0 radical (unpaired) electrons. The molecule has 5 heteroatoms. The molecule has 1 amide bonds. The van der Waals surface area contributed by atoms with Crippen LogP contribution in [0.1, 0.15) is 24.3 Å². The van der Waals surface area contributed by atoms with Crippen LogP contribution in [0.5, 0.6) is 0 Å². The van der Waals surface area contributed by atoms with E-state index in [0.717, 1.165) is 0 Å². The van der Waals surface area contributed by atoms with Crippen LogP contribution in [-0.2, 0) is 9.53 Å². The molecule has 0 aliphatic rings. The Kier molecular flexibility index (Phi) is 4.10. The van der Waals surface area contributed by atoms with Crippen LogP contribution in [0.3, 0.4) is 0 Å². The Labute approximate surface area is 94.2 Å². The van der Waals surface area contributed by atoms with E-state index in [2.05, 4.69) is 15.0 Å².